The molecule has 0 radical (unpaired) electrons. The van der Waals surface area contributed by atoms with Crippen LogP contribution in [0.4, 0.5) is 15.3 Å². The zero-order chi connectivity index (χ0) is 77.5. The third-order valence-electron chi connectivity index (χ3n) is 18.6. The van der Waals surface area contributed by atoms with Gasteiger partial charge in [-0.05, 0) is 86.8 Å². The number of carbonyl (C=O) groups is 13. The van der Waals surface area contributed by atoms with E-state index in [0.717, 1.165) is 11.3 Å². The number of anilines is 1. The number of aliphatic carboxylic acids is 1. The Morgan fingerprint density at radius 1 is 0.709 bits per heavy atom. The highest BCUT2D eigenvalue weighted by Gasteiger charge is 2.42. The number of carboxylic acids is 1. The molecular weight excluding hydrogens is 1330 g/mol. The molecule has 1 fully saturated rings. The van der Waals surface area contributed by atoms with Crippen LogP contribution < -0.4 is 48.3 Å². The van der Waals surface area contributed by atoms with E-state index in [1.807, 2.05) is 32.0 Å². The maximum Gasteiger partial charge on any atom is 0.410 e. The van der Waals surface area contributed by atoms with Gasteiger partial charge in [0.15, 0.2) is 0 Å². The van der Waals surface area contributed by atoms with Gasteiger partial charge in [0.05, 0.1) is 43.9 Å². The van der Waals surface area contributed by atoms with Crippen LogP contribution in [0.2, 0.25) is 0 Å². The first-order valence-corrected chi connectivity index (χ1v) is 35.7. The van der Waals surface area contributed by atoms with Gasteiger partial charge in [-0.3, -0.25) is 57.6 Å². The molecule has 1 aliphatic rings. The van der Waals surface area contributed by atoms with Gasteiger partial charge >= 0.3 is 18.1 Å². The lowest BCUT2D eigenvalue weighted by Gasteiger charge is -2.40. The molecular formula is C73H116N12O18. The molecule has 30 heteroatoms. The van der Waals surface area contributed by atoms with E-state index in [2.05, 4.69) is 42.5 Å². The highest BCUT2D eigenvalue weighted by atomic mass is 16.6. The Morgan fingerprint density at radius 2 is 1.34 bits per heavy atom. The second-order valence-electron chi connectivity index (χ2n) is 28.0. The zero-order valence-electron chi connectivity index (χ0n) is 63.0. The third-order valence-corrected chi connectivity index (χ3v) is 18.6. The molecule has 3 rings (SSSR count). The number of carbonyl (C=O) groups excluding carboxylic acids is 12. The number of hydrogen-bond donors (Lipinski definition) is 11. The summed E-state index contributed by atoms with van der Waals surface area (Å²) in [6.07, 6.45) is -1.23. The average Bonchev–Trinajstić information content (AvgIpc) is 1.71. The number of hydrogen-bond acceptors (Lipinski definition) is 17. The number of rotatable bonds is 44. The molecule has 0 aromatic heterocycles. The van der Waals surface area contributed by atoms with Crippen LogP contribution in [0, 0.1) is 35.5 Å². The van der Waals surface area contributed by atoms with Crippen LogP contribution in [0.25, 0.3) is 0 Å². The summed E-state index contributed by atoms with van der Waals surface area (Å²) in [5.74, 6) is -9.17. The summed E-state index contributed by atoms with van der Waals surface area (Å²) in [5.41, 5.74) is 6.13. The first-order valence-electron chi connectivity index (χ1n) is 35.7. The molecule has 0 unspecified atom stereocenters. The smallest absolute Gasteiger partial charge is 0.410 e. The summed E-state index contributed by atoms with van der Waals surface area (Å²) in [6, 6.07) is 4.51. The summed E-state index contributed by atoms with van der Waals surface area (Å²) in [5, 5.41) is 41.5. The fraction of sp³-hybridized carbons (Fsp3) is 0.658. The van der Waals surface area contributed by atoms with Gasteiger partial charge in [0.2, 0.25) is 47.3 Å². The number of likely N-dealkylation sites (N-methyl/N-ethyl adjacent to an activating group) is 2. The van der Waals surface area contributed by atoms with Crippen LogP contribution in [0.5, 0.6) is 0 Å². The van der Waals surface area contributed by atoms with Crippen molar-refractivity contribution in [1.82, 2.24) is 51.9 Å². The van der Waals surface area contributed by atoms with E-state index in [9.17, 15) is 72.5 Å². The maximum absolute atomic E-state index is 14.9. The molecule has 2 aromatic rings. The van der Waals surface area contributed by atoms with Crippen molar-refractivity contribution in [1.29, 1.82) is 0 Å². The number of nitrogens with zero attached hydrogens (tertiary/aromatic N) is 3. The Hall–Kier alpha value is -8.77. The molecule has 0 aliphatic carbocycles. The Bertz CT molecular complexity index is 3170. The minimum absolute atomic E-state index is 0.00837. The SMILES string of the molecule is CC[C@H](C)[C@@H]([C@@H](CC(=O)N1CCC[C@H]1C[C@@H](C)C(=O)N[C@H](C)[C@@H](O)c1ccccc1)OC)N(C)C(=O)[C@@H](NC(=O)[C@H](C(C)C)N(C)C(=O)OCc1ccc(NC(=O)[C@H](CCCNC(N)=O)NC(=O)[C@@H](NC(=O)[C@H](CCC(=O)O)NC(=O)CCOCCC(=O)C(C)C)C(C)C)cc1C(=O)NC)C(C)C. The molecule has 12 atom stereocenters. The molecule has 1 aliphatic heterocycles. The van der Waals surface area contributed by atoms with Crippen molar-refractivity contribution in [3.05, 3.63) is 65.2 Å². The van der Waals surface area contributed by atoms with Gasteiger partial charge < -0.3 is 82.5 Å². The van der Waals surface area contributed by atoms with Crippen molar-refractivity contribution in [3.8, 4) is 0 Å². The van der Waals surface area contributed by atoms with Crippen LogP contribution in [0.3, 0.4) is 0 Å². The number of aliphatic hydroxyl groups is 1. The third kappa shape index (κ3) is 28.4. The van der Waals surface area contributed by atoms with Crippen LogP contribution in [0.1, 0.15) is 181 Å². The normalized spacial score (nSPS) is 16.1. The maximum atomic E-state index is 14.9. The summed E-state index contributed by atoms with van der Waals surface area (Å²) in [7, 11) is 5.82. The first kappa shape index (κ1) is 88.4. The molecule has 30 nitrogen and oxygen atoms in total. The Labute approximate surface area is 606 Å². The van der Waals surface area contributed by atoms with Crippen molar-refractivity contribution >= 4 is 82.7 Å². The molecule has 12 N–H and O–H groups in total. The van der Waals surface area contributed by atoms with Gasteiger partial charge in [-0.1, -0.05) is 119 Å². The van der Waals surface area contributed by atoms with Gasteiger partial charge in [0.1, 0.15) is 42.6 Å². The summed E-state index contributed by atoms with van der Waals surface area (Å²) in [4.78, 5) is 179. The predicted molar refractivity (Wildman–Crippen MR) is 385 cm³/mol. The number of Topliss-reactive ketones (excluding diaryl/α,β-unsaturated/α-hetero) is 1. The number of aliphatic hydroxyl groups excluding tert-OH is 1. The van der Waals surface area contributed by atoms with E-state index in [1.54, 1.807) is 93.3 Å². The van der Waals surface area contributed by atoms with Gasteiger partial charge in [0.25, 0.3) is 5.91 Å². The molecule has 576 valence electrons. The summed E-state index contributed by atoms with van der Waals surface area (Å²) < 4.78 is 17.2. The highest BCUT2D eigenvalue weighted by Crippen LogP contribution is 2.30. The van der Waals surface area contributed by atoms with E-state index < -0.39 is 151 Å². The molecule has 0 saturated carbocycles. The number of ketones is 1. The number of likely N-dealkylation sites (tertiary alicyclic amines) is 1. The van der Waals surface area contributed by atoms with E-state index in [-0.39, 0.29) is 111 Å². The monoisotopic (exact) mass is 1450 g/mol. The van der Waals surface area contributed by atoms with E-state index in [1.165, 1.54) is 44.3 Å². The van der Waals surface area contributed by atoms with Crippen molar-refractivity contribution in [2.24, 2.45) is 41.2 Å². The number of amides is 12. The predicted octanol–water partition coefficient (Wildman–Crippen LogP) is 4.70. The van der Waals surface area contributed by atoms with E-state index in [4.69, 9.17) is 19.9 Å². The second-order valence-corrected chi connectivity index (χ2v) is 28.0. The Balaban J connectivity index is 1.79. The lowest BCUT2D eigenvalue weighted by Crippen LogP contribution is -2.60. The molecule has 1 saturated heterocycles. The second kappa shape index (κ2) is 44.0. The number of benzene rings is 2. The molecule has 1 heterocycles. The molecule has 0 spiro atoms. The Kier molecular flexibility index (Phi) is 37.8. The van der Waals surface area contributed by atoms with E-state index >= 15 is 0 Å². The van der Waals surface area contributed by atoms with Gasteiger partial charge in [-0.25, -0.2) is 9.59 Å². The van der Waals surface area contributed by atoms with Crippen molar-refractivity contribution < 1.29 is 86.8 Å². The topological polar surface area (TPSA) is 422 Å². The minimum Gasteiger partial charge on any atom is -0.481 e. The molecule has 103 heavy (non-hydrogen) atoms. The number of methoxy groups -OCH3 is 1. The standard InChI is InChI=1S/C73H116N12O18/c1-17-45(10)63(56(101-16)39-58(88)85-34-22-25-51(85)37-46(11)65(92)77-47(12)64(91)48-23-19-18-20-24-48)83(14)71(98)61(43(6)7)82-70(97)62(44(8)9)84(15)73(100)103-40-49-27-28-50(38-52(49)66(93)75-13)78-67(94)53(26-21-33-76-72(74)99)80-69(96)60(42(4)5)81-68(95)54(29-30-59(89)90)79-57(87)32-36-102-35-31-55(86)41(2)3/h18-20,23-24,27-28,38,41-47,51,53-54,56,60-64,91H,17,21-22,25-26,29-37,39-40H2,1-16H3,(H,75,93)(H,77,92)(H,78,94)(H,79,87)(H,80,96)(H,81,95)(H,82,97)(H,89,90)(H3,74,76,99)/t45-,46+,47+,51-,53-,54-,56+,60-,61-,62-,63-,64+/m0/s1. The molecule has 2 aromatic carbocycles. The van der Waals surface area contributed by atoms with Gasteiger partial charge in [0, 0.05) is 95.3 Å². The largest absolute Gasteiger partial charge is 0.481 e. The van der Waals surface area contributed by atoms with Gasteiger partial charge in [-0.2, -0.15) is 0 Å². The van der Waals surface area contributed by atoms with E-state index in [0.29, 0.717) is 31.4 Å². The highest BCUT2D eigenvalue weighted by molar-refractivity contribution is 6.01. The number of nitrogens with one attached hydrogen (secondary N) is 8. The molecule has 12 amide bonds. The molecule has 0 bridgehead atoms. The van der Waals surface area contributed by atoms with Crippen LogP contribution in [0.15, 0.2) is 48.5 Å². The number of ether oxygens (including phenoxy) is 3. The number of nitrogens with two attached hydrogens (primary N) is 1. The minimum atomic E-state index is -1.41. The van der Waals surface area contributed by atoms with Crippen LogP contribution in [-0.2, 0) is 68.8 Å². The fourth-order valence-electron chi connectivity index (χ4n) is 12.3. The summed E-state index contributed by atoms with van der Waals surface area (Å²) >= 11 is 0. The number of urea groups is 1. The van der Waals surface area contributed by atoms with Crippen LogP contribution in [-0.4, -0.2) is 211 Å². The quantitative estimate of drug-likeness (QED) is 0.0401. The zero-order valence-corrected chi connectivity index (χ0v) is 63.0. The lowest BCUT2D eigenvalue weighted by molar-refractivity contribution is -0.146. The average molecular weight is 1450 g/mol. The van der Waals surface area contributed by atoms with Crippen molar-refractivity contribution in [2.75, 3.05) is 59.9 Å². The van der Waals surface area contributed by atoms with Crippen molar-refractivity contribution in [3.63, 3.8) is 0 Å². The Morgan fingerprint density at radius 3 is 1.92 bits per heavy atom. The first-order chi connectivity index (χ1) is 48.5. The number of primary amides is 1. The lowest BCUT2D eigenvalue weighted by atomic mass is 9.89. The van der Waals surface area contributed by atoms with Gasteiger partial charge in [-0.15, -0.1) is 0 Å². The van der Waals surface area contributed by atoms with Crippen LogP contribution >= 0.6 is 0 Å². The summed E-state index contributed by atoms with van der Waals surface area (Å²) in [6.45, 7) is 21.1. The van der Waals surface area contributed by atoms with Crippen molar-refractivity contribution in [2.45, 2.75) is 221 Å². The fourth-order valence-corrected chi connectivity index (χ4v) is 12.3. The number of carboxylic acid groups (broad SMARTS) is 1.